The molecule has 5 unspecified atom stereocenters. The van der Waals surface area contributed by atoms with E-state index < -0.39 is 11.7 Å². The monoisotopic (exact) mass is 364 g/mol. The summed E-state index contributed by atoms with van der Waals surface area (Å²) in [5.41, 5.74) is 0.306. The van der Waals surface area contributed by atoms with E-state index in [1.807, 2.05) is 0 Å². The van der Waals surface area contributed by atoms with E-state index >= 15 is 0 Å². The molecule has 0 N–H and O–H groups in total. The van der Waals surface area contributed by atoms with Gasteiger partial charge in [0.05, 0.1) is 17.8 Å². The van der Waals surface area contributed by atoms with Crippen molar-refractivity contribution in [1.29, 1.82) is 0 Å². The van der Waals surface area contributed by atoms with Gasteiger partial charge in [0.15, 0.2) is 0 Å². The summed E-state index contributed by atoms with van der Waals surface area (Å²) >= 11 is 3.71. The van der Waals surface area contributed by atoms with Crippen LogP contribution in [0.2, 0.25) is 0 Å². The average molecular weight is 365 g/mol. The second-order valence-corrected chi connectivity index (χ2v) is 7.07. The van der Waals surface area contributed by atoms with Gasteiger partial charge in [0.1, 0.15) is 0 Å². The van der Waals surface area contributed by atoms with Gasteiger partial charge in [-0.05, 0) is 43.9 Å². The smallest absolute Gasteiger partial charge is 0.375 e. The Morgan fingerprint density at radius 3 is 2.10 bits per heavy atom. The molecule has 1 fully saturated rings. The molecule has 0 aromatic heterocycles. The van der Waals surface area contributed by atoms with Gasteiger partial charge in [-0.3, -0.25) is 0 Å². The van der Waals surface area contributed by atoms with Gasteiger partial charge in [-0.2, -0.15) is 13.2 Å². The molecule has 0 radical (unpaired) electrons. The van der Waals surface area contributed by atoms with E-state index in [4.69, 9.17) is 4.74 Å². The highest BCUT2D eigenvalue weighted by Gasteiger charge is 2.40. The fourth-order valence-electron chi connectivity index (χ4n) is 3.11. The maximum absolute atomic E-state index is 12.5. The summed E-state index contributed by atoms with van der Waals surface area (Å²) < 4.78 is 43.5. The first-order chi connectivity index (χ1) is 9.70. The molecular weight excluding hydrogens is 345 g/mol. The Labute approximate surface area is 132 Å². The van der Waals surface area contributed by atoms with E-state index in [1.165, 1.54) is 0 Å². The third-order valence-electron chi connectivity index (χ3n) is 4.45. The molecule has 5 atom stereocenters. The Morgan fingerprint density at radius 1 is 1.10 bits per heavy atom. The van der Waals surface area contributed by atoms with Crippen LogP contribution in [0.4, 0.5) is 13.2 Å². The van der Waals surface area contributed by atoms with E-state index in [0.717, 1.165) is 17.7 Å². The molecular formula is C16H20BrF3O. The summed E-state index contributed by atoms with van der Waals surface area (Å²) in [6.07, 6.45) is -3.19. The third kappa shape index (κ3) is 3.81. The van der Waals surface area contributed by atoms with E-state index in [9.17, 15) is 13.2 Å². The minimum absolute atomic E-state index is 0.161. The first-order valence-corrected chi connectivity index (χ1v) is 8.07. The van der Waals surface area contributed by atoms with Crippen LogP contribution in [0.3, 0.4) is 0 Å². The van der Waals surface area contributed by atoms with Crippen LogP contribution < -0.4 is 0 Å². The number of alkyl halides is 4. The van der Waals surface area contributed by atoms with Crippen LogP contribution in [0, 0.1) is 11.8 Å². The lowest BCUT2D eigenvalue weighted by Crippen LogP contribution is -2.28. The maximum Gasteiger partial charge on any atom is 0.416 e. The van der Waals surface area contributed by atoms with E-state index in [0.29, 0.717) is 18.3 Å². The molecule has 1 aromatic rings. The molecule has 0 bridgehead atoms. The molecule has 118 valence electrons. The number of ether oxygens (including phenoxy) is 1. The number of hydrogen-bond donors (Lipinski definition) is 0. The molecule has 1 aromatic carbocycles. The normalized spacial score (nSPS) is 31.4. The zero-order chi connectivity index (χ0) is 15.8. The maximum atomic E-state index is 12.5. The van der Waals surface area contributed by atoms with E-state index in [2.05, 4.69) is 36.7 Å². The van der Waals surface area contributed by atoms with Crippen molar-refractivity contribution < 1.29 is 17.9 Å². The van der Waals surface area contributed by atoms with Crippen molar-refractivity contribution in [3.05, 3.63) is 35.4 Å². The van der Waals surface area contributed by atoms with Crippen LogP contribution in [0.5, 0.6) is 0 Å². The Hall–Kier alpha value is -0.550. The fraction of sp³-hybridized carbons (Fsp3) is 0.625. The molecule has 5 heteroatoms. The Kier molecular flexibility index (Phi) is 5.03. The van der Waals surface area contributed by atoms with Crippen LogP contribution >= 0.6 is 15.9 Å². The highest BCUT2D eigenvalue weighted by Crippen LogP contribution is 2.38. The molecule has 1 heterocycles. The van der Waals surface area contributed by atoms with Crippen LogP contribution in [0.25, 0.3) is 0 Å². The summed E-state index contributed by atoms with van der Waals surface area (Å²) in [4.78, 5) is 0.198. The van der Waals surface area contributed by atoms with E-state index in [1.54, 1.807) is 12.1 Å². The van der Waals surface area contributed by atoms with Crippen LogP contribution in [0.1, 0.15) is 31.9 Å². The second kappa shape index (κ2) is 6.29. The Morgan fingerprint density at radius 2 is 1.67 bits per heavy atom. The molecule has 0 spiro atoms. The second-order valence-electron chi connectivity index (χ2n) is 5.90. The minimum atomic E-state index is -4.27. The lowest BCUT2D eigenvalue weighted by atomic mass is 9.85. The number of benzene rings is 1. The highest BCUT2D eigenvalue weighted by atomic mass is 79.9. The predicted molar refractivity (Wildman–Crippen MR) is 80.5 cm³/mol. The third-order valence-corrected chi connectivity index (χ3v) is 5.38. The van der Waals surface area contributed by atoms with Crippen molar-refractivity contribution in [2.45, 2.75) is 50.4 Å². The van der Waals surface area contributed by atoms with Crippen molar-refractivity contribution in [2.75, 3.05) is 0 Å². The van der Waals surface area contributed by atoms with Gasteiger partial charge < -0.3 is 4.74 Å². The van der Waals surface area contributed by atoms with E-state index in [-0.39, 0.29) is 17.0 Å². The number of rotatable bonds is 3. The minimum Gasteiger partial charge on any atom is -0.375 e. The van der Waals surface area contributed by atoms with Gasteiger partial charge in [0.25, 0.3) is 0 Å². The summed E-state index contributed by atoms with van der Waals surface area (Å²) in [7, 11) is 0. The molecule has 1 saturated heterocycles. The molecule has 0 amide bonds. The average Bonchev–Trinajstić information content (AvgIpc) is 2.62. The van der Waals surface area contributed by atoms with Crippen molar-refractivity contribution >= 4 is 15.9 Å². The zero-order valence-electron chi connectivity index (χ0n) is 12.3. The molecule has 1 aliphatic heterocycles. The zero-order valence-corrected chi connectivity index (χ0v) is 13.9. The fourth-order valence-corrected chi connectivity index (χ4v) is 4.39. The topological polar surface area (TPSA) is 9.23 Å². The number of hydrogen-bond acceptors (Lipinski definition) is 1. The quantitative estimate of drug-likeness (QED) is 0.680. The largest absolute Gasteiger partial charge is 0.416 e. The Balaban J connectivity index is 2.04. The van der Waals surface area contributed by atoms with Crippen molar-refractivity contribution in [2.24, 2.45) is 11.8 Å². The SMILES string of the molecule is CC1OC(C)C(C(Br)Cc2ccc(C(F)(F)F)cc2)C1C. The van der Waals surface area contributed by atoms with Gasteiger partial charge in [-0.15, -0.1) is 0 Å². The summed E-state index contributed by atoms with van der Waals surface area (Å²) in [6.45, 7) is 6.30. The molecule has 1 nitrogen and oxygen atoms in total. The van der Waals surface area contributed by atoms with Crippen molar-refractivity contribution in [3.63, 3.8) is 0 Å². The standard InChI is InChI=1S/C16H20BrF3O/c1-9-10(2)21-11(3)15(9)14(17)8-12-4-6-13(7-5-12)16(18,19)20/h4-7,9-11,14-15H,8H2,1-3H3. The lowest BCUT2D eigenvalue weighted by Gasteiger charge is -2.24. The van der Waals surface area contributed by atoms with Crippen molar-refractivity contribution in [1.82, 2.24) is 0 Å². The van der Waals surface area contributed by atoms with Gasteiger partial charge in [-0.25, -0.2) is 0 Å². The van der Waals surface area contributed by atoms with Gasteiger partial charge in [0, 0.05) is 10.7 Å². The summed E-state index contributed by atoms with van der Waals surface area (Å²) in [6, 6.07) is 5.42. The molecule has 0 saturated carbocycles. The summed E-state index contributed by atoms with van der Waals surface area (Å²) in [5.74, 6) is 0.793. The van der Waals surface area contributed by atoms with Gasteiger partial charge in [-0.1, -0.05) is 35.0 Å². The van der Waals surface area contributed by atoms with Crippen LogP contribution in [-0.4, -0.2) is 17.0 Å². The molecule has 21 heavy (non-hydrogen) atoms. The highest BCUT2D eigenvalue weighted by molar-refractivity contribution is 9.09. The lowest BCUT2D eigenvalue weighted by molar-refractivity contribution is -0.137. The molecule has 2 rings (SSSR count). The molecule has 1 aliphatic rings. The van der Waals surface area contributed by atoms with Crippen LogP contribution in [0.15, 0.2) is 24.3 Å². The predicted octanol–water partition coefficient (Wildman–Crippen LogP) is 5.07. The first-order valence-electron chi connectivity index (χ1n) is 7.16. The van der Waals surface area contributed by atoms with Crippen LogP contribution in [-0.2, 0) is 17.3 Å². The summed E-state index contributed by atoms with van der Waals surface area (Å²) in [5, 5.41) is 0. The molecule has 0 aliphatic carbocycles. The van der Waals surface area contributed by atoms with Gasteiger partial charge in [0.2, 0.25) is 0 Å². The Bertz CT molecular complexity index is 471. The number of halogens is 4. The van der Waals surface area contributed by atoms with Crippen molar-refractivity contribution in [3.8, 4) is 0 Å². The van der Waals surface area contributed by atoms with Gasteiger partial charge >= 0.3 is 6.18 Å². The first kappa shape index (κ1) is 16.8.